The molecule has 0 aromatic rings. The van der Waals surface area contributed by atoms with Gasteiger partial charge >= 0.3 is 5.97 Å². The van der Waals surface area contributed by atoms with Gasteiger partial charge in [-0.05, 0) is 98.7 Å². The first-order valence-electron chi connectivity index (χ1n) is 33.1. The molecule has 10 fully saturated rings. The van der Waals surface area contributed by atoms with Crippen LogP contribution in [0.1, 0.15) is 107 Å². The van der Waals surface area contributed by atoms with Gasteiger partial charge in [-0.2, -0.15) is 0 Å². The van der Waals surface area contributed by atoms with E-state index in [0.717, 1.165) is 5.57 Å². The van der Waals surface area contributed by atoms with Gasteiger partial charge in [-0.15, -0.1) is 0 Å². The fourth-order valence-electron chi connectivity index (χ4n) is 18.9. The van der Waals surface area contributed by atoms with E-state index in [1.165, 1.54) is 13.8 Å². The average molecular weight is 1360 g/mol. The molecule has 0 unspecified atom stereocenters. The smallest absolute Gasteiger partial charge is 0.315 e. The summed E-state index contributed by atoms with van der Waals surface area (Å²) in [6.45, 7) is 11.1. The van der Waals surface area contributed by atoms with Crippen LogP contribution in [-0.4, -0.2) is 315 Å². The molecule has 94 heavy (non-hydrogen) atoms. The van der Waals surface area contributed by atoms with Gasteiger partial charge in [0.05, 0.1) is 75.6 Å². The standard InChI is InChI=1S/C63H102O31/c1-24-34(71)37(74)39(76)51(86-24)90-44-31(70)20-83-50(41(44)78)89-43-25(2)87-53(42(79)45(43)91-55-48(80)63(82,22-66)23-85-55)92-46-35(72)30(69)19-84-54(46)94-56(81)62-13-11-57(3,4)15-27(62)26-9-10-33-58(5)16-29(68)49(93-52-40(77)38(75)36(73)32(18-64)88-52)59(6,21-65)47(58)28(67)17-61(33,8)60(26,7)12-14-62/h9,24-25,27-55,64-80,82H,10-23H2,1-8H3/t24-,25-,27-,28+,29+,30-,31+,32+,33+,34-,35-,36+,37+,38-,39+,40+,41+,42+,43-,44-,45-,46+,47+,48-,49+,50+,51-,52-,53-,54-,55-,58+,59-,60+,61+,62-,63+/m0/s1. The van der Waals surface area contributed by atoms with Crippen LogP contribution in [0.2, 0.25) is 0 Å². The van der Waals surface area contributed by atoms with E-state index in [1.54, 1.807) is 6.92 Å². The van der Waals surface area contributed by atoms with Crippen molar-refractivity contribution in [2.24, 2.45) is 50.2 Å². The van der Waals surface area contributed by atoms with Crippen molar-refractivity contribution >= 4 is 5.97 Å². The van der Waals surface area contributed by atoms with E-state index in [-0.39, 0.29) is 30.6 Å². The summed E-state index contributed by atoms with van der Waals surface area (Å²) < 4.78 is 72.0. The largest absolute Gasteiger partial charge is 0.432 e. The van der Waals surface area contributed by atoms with Gasteiger partial charge in [0.2, 0.25) is 6.29 Å². The van der Waals surface area contributed by atoms with E-state index >= 15 is 4.79 Å². The van der Waals surface area contributed by atoms with Crippen LogP contribution in [0.3, 0.4) is 0 Å². The topological polar surface area (TPSA) is 492 Å². The molecule has 4 saturated carbocycles. The number of allylic oxidation sites excluding steroid dienone is 2. The Morgan fingerprint density at radius 2 is 1.12 bits per heavy atom. The summed E-state index contributed by atoms with van der Waals surface area (Å²) in [5.41, 5.74) is -6.39. The lowest BCUT2D eigenvalue weighted by Gasteiger charge is -2.72. The van der Waals surface area contributed by atoms with Gasteiger partial charge in [0.25, 0.3) is 0 Å². The number of carbonyl (C=O) groups is 1. The minimum atomic E-state index is -2.24. The van der Waals surface area contributed by atoms with Gasteiger partial charge in [0.1, 0.15) is 103 Å². The first kappa shape index (κ1) is 73.3. The van der Waals surface area contributed by atoms with Crippen LogP contribution in [0.4, 0.5) is 0 Å². The molecule has 0 amide bonds. The van der Waals surface area contributed by atoms with Crippen LogP contribution in [0.5, 0.6) is 0 Å². The molecule has 0 radical (unpaired) electrons. The number of fused-ring (bicyclic) bond motifs is 7. The average Bonchev–Trinajstić information content (AvgIpc) is 0.723. The van der Waals surface area contributed by atoms with E-state index < -0.39 is 262 Å². The van der Waals surface area contributed by atoms with Gasteiger partial charge in [0, 0.05) is 11.3 Å². The van der Waals surface area contributed by atoms with Gasteiger partial charge in [-0.3, -0.25) is 4.79 Å². The molecule has 5 aliphatic carbocycles. The van der Waals surface area contributed by atoms with Crippen molar-refractivity contribution in [2.75, 3.05) is 39.6 Å². The summed E-state index contributed by atoms with van der Waals surface area (Å²) in [7, 11) is 0. The molecule has 11 rings (SSSR count). The number of hydrogen-bond acceptors (Lipinski definition) is 31. The van der Waals surface area contributed by atoms with Crippen molar-refractivity contribution in [3.8, 4) is 0 Å². The van der Waals surface area contributed by atoms with Gasteiger partial charge in [-0.25, -0.2) is 0 Å². The van der Waals surface area contributed by atoms with Gasteiger partial charge in [-0.1, -0.05) is 53.2 Å². The molecule has 0 aromatic carbocycles. The number of esters is 1. The van der Waals surface area contributed by atoms with Crippen LogP contribution in [-0.2, 0) is 61.6 Å². The molecule has 6 saturated heterocycles. The van der Waals surface area contributed by atoms with E-state index in [4.69, 9.17) is 56.8 Å². The van der Waals surface area contributed by atoms with Gasteiger partial charge in [0.15, 0.2) is 37.6 Å². The molecule has 540 valence electrons. The minimum Gasteiger partial charge on any atom is -0.432 e. The highest BCUT2D eigenvalue weighted by Crippen LogP contribution is 2.76. The summed E-state index contributed by atoms with van der Waals surface area (Å²) in [5.74, 6) is -2.09. The number of ether oxygens (including phenoxy) is 12. The quantitative estimate of drug-likeness (QED) is 0.0413. The maximum absolute atomic E-state index is 15.7. The Labute approximate surface area is 543 Å². The fourth-order valence-corrected chi connectivity index (χ4v) is 18.9. The van der Waals surface area contributed by atoms with Crippen molar-refractivity contribution in [2.45, 2.75) is 284 Å². The molecule has 37 atom stereocenters. The third kappa shape index (κ3) is 12.1. The molecular formula is C63H102O31. The molecule has 0 bridgehead atoms. The predicted molar refractivity (Wildman–Crippen MR) is 311 cm³/mol. The predicted octanol–water partition coefficient (Wildman–Crippen LogP) is -5.50. The maximum Gasteiger partial charge on any atom is 0.315 e. The Kier molecular flexibility index (Phi) is 20.9. The zero-order chi connectivity index (χ0) is 68.6. The van der Waals surface area contributed by atoms with E-state index in [2.05, 4.69) is 33.8 Å². The Morgan fingerprint density at radius 3 is 1.78 bits per heavy atom. The second kappa shape index (κ2) is 26.8. The zero-order valence-electron chi connectivity index (χ0n) is 54.2. The van der Waals surface area contributed by atoms with Crippen molar-refractivity contribution in [3.05, 3.63) is 11.6 Å². The summed E-state index contributed by atoms with van der Waals surface area (Å²) in [6, 6.07) is 0. The molecule has 0 aromatic heterocycles. The number of rotatable bonds is 15. The molecule has 31 heteroatoms. The third-order valence-corrected chi connectivity index (χ3v) is 24.5. The second-order valence-electron chi connectivity index (χ2n) is 30.8. The van der Waals surface area contributed by atoms with Crippen LogP contribution in [0.25, 0.3) is 0 Å². The molecule has 0 spiro atoms. The molecule has 11 aliphatic rings. The minimum absolute atomic E-state index is 0.0766. The van der Waals surface area contributed by atoms with E-state index in [1.807, 2.05) is 6.92 Å². The molecular weight excluding hydrogens is 1250 g/mol. The Balaban J connectivity index is 0.838. The summed E-state index contributed by atoms with van der Waals surface area (Å²) in [5, 5.41) is 200. The van der Waals surface area contributed by atoms with Crippen molar-refractivity contribution in [1.29, 1.82) is 0 Å². The number of carbonyl (C=O) groups excluding carboxylic acids is 1. The molecule has 18 N–H and O–H groups in total. The normalized spacial score (nSPS) is 55.9. The number of hydrogen-bond donors (Lipinski definition) is 18. The van der Waals surface area contributed by atoms with Crippen molar-refractivity contribution in [1.82, 2.24) is 0 Å². The highest BCUT2D eigenvalue weighted by molar-refractivity contribution is 5.79. The Hall–Kier alpha value is -1.95. The third-order valence-electron chi connectivity index (χ3n) is 24.5. The molecule has 31 nitrogen and oxygen atoms in total. The fraction of sp³-hybridized carbons (Fsp3) is 0.952. The summed E-state index contributed by atoms with van der Waals surface area (Å²) >= 11 is 0. The number of aliphatic hydroxyl groups excluding tert-OH is 17. The summed E-state index contributed by atoms with van der Waals surface area (Å²) in [6.07, 6.45) is -40.9. The molecule has 6 heterocycles. The SMILES string of the molecule is C[C@@H]1O[C@@H](O[C@@H]2[C@@H](O)[C@@H](O[C@@H]3[C@@H](O[C@@H]4OC[C@](O)(CO)[C@H]4O)[C@@H](O)[C@H](O[C@H]4[C@H](OC(=O)[C@]56CCC(C)(C)C[C@H]5C5=CC[C@@H]7[C@@]8(C)C[C@@H](O)[C@@H](O[C@@H]9O[C@H](CO)[C@@H](O)[C@H](O)[C@H]9O)[C@@](C)(CO)[C@@H]8[C@H](O)C[C@@]7(C)[C@]5(C)CC6)OC[C@H](O)[C@@H]4O)O[C@H]3C)OC[C@H]2O)[C@H](O)[C@H](O)[C@H]1O. The maximum atomic E-state index is 15.7. The van der Waals surface area contributed by atoms with Crippen LogP contribution >= 0.6 is 0 Å². The first-order chi connectivity index (χ1) is 44.0. The highest BCUT2D eigenvalue weighted by atomic mass is 16.8. The van der Waals surface area contributed by atoms with Crippen molar-refractivity contribution in [3.63, 3.8) is 0 Å². The van der Waals surface area contributed by atoms with Crippen LogP contribution < -0.4 is 0 Å². The van der Waals surface area contributed by atoms with E-state index in [9.17, 15) is 91.9 Å². The Bertz CT molecular complexity index is 2680. The lowest BCUT2D eigenvalue weighted by Crippen LogP contribution is -2.72. The second-order valence-corrected chi connectivity index (χ2v) is 30.8. The molecule has 6 aliphatic heterocycles. The monoisotopic (exact) mass is 1350 g/mol. The Morgan fingerprint density at radius 1 is 0.532 bits per heavy atom. The lowest BCUT2D eigenvalue weighted by molar-refractivity contribution is -0.387. The summed E-state index contributed by atoms with van der Waals surface area (Å²) in [4.78, 5) is 15.7. The van der Waals surface area contributed by atoms with Gasteiger partial charge < -0.3 is 149 Å². The van der Waals surface area contributed by atoms with Crippen LogP contribution in [0.15, 0.2) is 11.6 Å². The first-order valence-corrected chi connectivity index (χ1v) is 33.1. The van der Waals surface area contributed by atoms with Crippen LogP contribution in [0, 0.1) is 50.2 Å². The number of aliphatic hydroxyl groups is 18. The van der Waals surface area contributed by atoms with Crippen molar-refractivity contribution < 1.29 is 154 Å². The lowest BCUT2D eigenvalue weighted by atomic mass is 9.33. The zero-order valence-corrected chi connectivity index (χ0v) is 54.2. The van der Waals surface area contributed by atoms with E-state index in [0.29, 0.717) is 32.1 Å². The highest BCUT2D eigenvalue weighted by Gasteiger charge is 2.74.